The summed E-state index contributed by atoms with van der Waals surface area (Å²) in [6.07, 6.45) is 10.1. The second-order valence-corrected chi connectivity index (χ2v) is 8.75. The highest BCUT2D eigenvalue weighted by molar-refractivity contribution is 5.92. The molecule has 0 atom stereocenters. The highest BCUT2D eigenvalue weighted by Gasteiger charge is 2.22. The third-order valence-electron chi connectivity index (χ3n) is 6.59. The smallest absolute Gasteiger partial charge is 0.244 e. The number of nitrogens with zero attached hydrogens (tertiary/aromatic N) is 3. The topological polar surface area (TPSA) is 74.7 Å². The van der Waals surface area contributed by atoms with Gasteiger partial charge in [0.1, 0.15) is 0 Å². The molecule has 1 aliphatic carbocycles. The van der Waals surface area contributed by atoms with E-state index >= 15 is 0 Å². The molecule has 3 amide bonds. The van der Waals surface area contributed by atoms with E-state index in [1.165, 1.54) is 43.5 Å². The van der Waals surface area contributed by atoms with Crippen molar-refractivity contribution in [1.29, 1.82) is 0 Å². The molecule has 3 rings (SSSR count). The molecule has 1 saturated heterocycles. The van der Waals surface area contributed by atoms with Crippen LogP contribution in [0.3, 0.4) is 0 Å². The molecular formula is C24H36N4O3. The Kier molecular flexibility index (Phi) is 7.93. The number of carbonyl (C=O) groups is 3. The standard InChI is InChI=1S/C24H36N4O3/c1-18-17-21(19(2)28(18)22-7-5-4-6-8-22)9-10-23(30)25-12-11-24(31)27-15-13-26(14-16-27)20(3)29/h9-10,17,22H,4-8,11-16H2,1-3H3,(H,25,30). The Morgan fingerprint density at radius 3 is 2.32 bits per heavy atom. The van der Waals surface area contributed by atoms with E-state index in [2.05, 4.69) is 29.8 Å². The van der Waals surface area contributed by atoms with Crippen LogP contribution in [-0.2, 0) is 14.4 Å². The highest BCUT2D eigenvalue weighted by atomic mass is 16.2. The SMILES string of the molecule is CC(=O)N1CCN(C(=O)CCNC(=O)C=Cc2cc(C)n(C3CCCCC3)c2C)CC1. The van der Waals surface area contributed by atoms with Crippen molar-refractivity contribution >= 4 is 23.8 Å². The minimum Gasteiger partial charge on any atom is -0.352 e. The summed E-state index contributed by atoms with van der Waals surface area (Å²) in [5, 5.41) is 2.81. The van der Waals surface area contributed by atoms with Gasteiger partial charge in [0.25, 0.3) is 0 Å². The van der Waals surface area contributed by atoms with E-state index in [4.69, 9.17) is 0 Å². The zero-order chi connectivity index (χ0) is 22.4. The molecule has 2 aliphatic rings. The average molecular weight is 429 g/mol. The van der Waals surface area contributed by atoms with E-state index in [0.29, 0.717) is 38.8 Å². The minimum absolute atomic E-state index is 0.0171. The number of carbonyl (C=O) groups excluding carboxylic acids is 3. The van der Waals surface area contributed by atoms with Gasteiger partial charge in [-0.2, -0.15) is 0 Å². The monoisotopic (exact) mass is 428 g/mol. The molecule has 31 heavy (non-hydrogen) atoms. The van der Waals surface area contributed by atoms with Gasteiger partial charge in [0, 0.05) is 69.6 Å². The number of hydrogen-bond acceptors (Lipinski definition) is 3. The van der Waals surface area contributed by atoms with Crippen molar-refractivity contribution < 1.29 is 14.4 Å². The van der Waals surface area contributed by atoms with Gasteiger partial charge in [-0.05, 0) is 44.4 Å². The summed E-state index contributed by atoms with van der Waals surface area (Å²) >= 11 is 0. The van der Waals surface area contributed by atoms with Crippen LogP contribution in [0.1, 0.15) is 68.4 Å². The molecule has 1 saturated carbocycles. The molecule has 0 unspecified atom stereocenters. The van der Waals surface area contributed by atoms with Crippen LogP contribution in [0.25, 0.3) is 6.08 Å². The number of amides is 3. The van der Waals surface area contributed by atoms with Crippen molar-refractivity contribution in [2.24, 2.45) is 0 Å². The van der Waals surface area contributed by atoms with Crippen LogP contribution < -0.4 is 5.32 Å². The lowest BCUT2D eigenvalue weighted by Crippen LogP contribution is -2.50. The molecule has 1 aliphatic heterocycles. The fraction of sp³-hybridized carbons (Fsp3) is 0.625. The lowest BCUT2D eigenvalue weighted by Gasteiger charge is -2.34. The van der Waals surface area contributed by atoms with Gasteiger partial charge in [-0.1, -0.05) is 19.3 Å². The Bertz CT molecular complexity index is 828. The molecule has 0 radical (unpaired) electrons. The maximum atomic E-state index is 12.3. The zero-order valence-corrected chi connectivity index (χ0v) is 19.2. The van der Waals surface area contributed by atoms with Crippen LogP contribution in [0.2, 0.25) is 0 Å². The van der Waals surface area contributed by atoms with Gasteiger partial charge < -0.3 is 19.7 Å². The predicted octanol–water partition coefficient (Wildman–Crippen LogP) is 2.82. The first-order valence-corrected chi connectivity index (χ1v) is 11.5. The van der Waals surface area contributed by atoms with Crippen molar-refractivity contribution in [3.05, 3.63) is 29.1 Å². The fourth-order valence-electron chi connectivity index (χ4n) is 4.82. The van der Waals surface area contributed by atoms with Crippen molar-refractivity contribution in [2.45, 2.75) is 65.3 Å². The molecule has 0 bridgehead atoms. The van der Waals surface area contributed by atoms with Gasteiger partial charge in [-0.3, -0.25) is 14.4 Å². The van der Waals surface area contributed by atoms with E-state index in [0.717, 1.165) is 5.56 Å². The molecule has 0 aromatic carbocycles. The number of aromatic nitrogens is 1. The van der Waals surface area contributed by atoms with Crippen LogP contribution in [0, 0.1) is 13.8 Å². The third-order valence-corrected chi connectivity index (χ3v) is 6.59. The quantitative estimate of drug-likeness (QED) is 0.708. The maximum Gasteiger partial charge on any atom is 0.244 e. The summed E-state index contributed by atoms with van der Waals surface area (Å²) in [4.78, 5) is 39.4. The highest BCUT2D eigenvalue weighted by Crippen LogP contribution is 2.32. The molecule has 1 aromatic rings. The minimum atomic E-state index is -0.184. The summed E-state index contributed by atoms with van der Waals surface area (Å²) in [5.41, 5.74) is 3.55. The zero-order valence-electron chi connectivity index (χ0n) is 19.2. The number of nitrogens with one attached hydrogen (secondary N) is 1. The first kappa shape index (κ1) is 23.1. The fourth-order valence-corrected chi connectivity index (χ4v) is 4.82. The van der Waals surface area contributed by atoms with Crippen molar-refractivity contribution in [3.8, 4) is 0 Å². The molecular weight excluding hydrogens is 392 g/mol. The summed E-state index contributed by atoms with van der Waals surface area (Å²) in [6, 6.07) is 2.73. The Morgan fingerprint density at radius 1 is 1.03 bits per heavy atom. The summed E-state index contributed by atoms with van der Waals surface area (Å²) in [5.74, 6) is -0.120. The molecule has 0 spiro atoms. The van der Waals surface area contributed by atoms with Gasteiger partial charge in [0.15, 0.2) is 0 Å². The summed E-state index contributed by atoms with van der Waals surface area (Å²) in [6.45, 7) is 8.41. The number of hydrogen-bond donors (Lipinski definition) is 1. The lowest BCUT2D eigenvalue weighted by atomic mass is 9.95. The predicted molar refractivity (Wildman–Crippen MR) is 122 cm³/mol. The van der Waals surface area contributed by atoms with E-state index in [9.17, 15) is 14.4 Å². The second-order valence-electron chi connectivity index (χ2n) is 8.75. The molecule has 2 fully saturated rings. The maximum absolute atomic E-state index is 12.3. The second kappa shape index (κ2) is 10.6. The Labute approximate surface area is 185 Å². The molecule has 7 nitrogen and oxygen atoms in total. The van der Waals surface area contributed by atoms with Crippen molar-refractivity contribution in [1.82, 2.24) is 19.7 Å². The summed E-state index contributed by atoms with van der Waals surface area (Å²) < 4.78 is 2.43. The van der Waals surface area contributed by atoms with Gasteiger partial charge in [-0.25, -0.2) is 0 Å². The van der Waals surface area contributed by atoms with Gasteiger partial charge in [0.2, 0.25) is 17.7 Å². The van der Waals surface area contributed by atoms with Gasteiger partial charge in [0.05, 0.1) is 0 Å². The first-order chi connectivity index (χ1) is 14.9. The van der Waals surface area contributed by atoms with Crippen LogP contribution >= 0.6 is 0 Å². The van der Waals surface area contributed by atoms with Crippen LogP contribution in [0.15, 0.2) is 12.1 Å². The van der Waals surface area contributed by atoms with E-state index in [1.807, 2.05) is 6.08 Å². The van der Waals surface area contributed by atoms with Crippen molar-refractivity contribution in [3.63, 3.8) is 0 Å². The van der Waals surface area contributed by atoms with Gasteiger partial charge in [-0.15, -0.1) is 0 Å². The first-order valence-electron chi connectivity index (χ1n) is 11.5. The van der Waals surface area contributed by atoms with Crippen LogP contribution in [0.4, 0.5) is 0 Å². The third kappa shape index (κ3) is 5.99. The van der Waals surface area contributed by atoms with E-state index in [-0.39, 0.29) is 24.1 Å². The van der Waals surface area contributed by atoms with E-state index in [1.54, 1.807) is 22.8 Å². The molecule has 1 aromatic heterocycles. The molecule has 7 heteroatoms. The Morgan fingerprint density at radius 2 is 1.68 bits per heavy atom. The normalized spacial score (nSPS) is 17.9. The largest absolute Gasteiger partial charge is 0.352 e. The number of rotatable bonds is 6. The lowest BCUT2D eigenvalue weighted by molar-refractivity contribution is -0.138. The number of aryl methyl sites for hydroxylation is 1. The molecule has 2 heterocycles. The van der Waals surface area contributed by atoms with Crippen LogP contribution in [-0.4, -0.2) is 64.8 Å². The average Bonchev–Trinajstić information content (AvgIpc) is 3.05. The van der Waals surface area contributed by atoms with Crippen LogP contribution in [0.5, 0.6) is 0 Å². The van der Waals surface area contributed by atoms with E-state index < -0.39 is 0 Å². The van der Waals surface area contributed by atoms with Gasteiger partial charge >= 0.3 is 0 Å². The number of piperazine rings is 1. The Balaban J connectivity index is 1.45. The molecule has 1 N–H and O–H groups in total. The summed E-state index contributed by atoms with van der Waals surface area (Å²) in [7, 11) is 0. The van der Waals surface area contributed by atoms with Crippen molar-refractivity contribution in [2.75, 3.05) is 32.7 Å². The Hall–Kier alpha value is -2.57. The molecule has 170 valence electrons.